The van der Waals surface area contributed by atoms with E-state index < -0.39 is 11.8 Å². The summed E-state index contributed by atoms with van der Waals surface area (Å²) in [5, 5.41) is 0.333. The fourth-order valence-electron chi connectivity index (χ4n) is 3.17. The first-order chi connectivity index (χ1) is 15.9. The molecule has 0 radical (unpaired) electrons. The van der Waals surface area contributed by atoms with E-state index in [1.807, 2.05) is 31.2 Å². The molecule has 0 spiro atoms. The summed E-state index contributed by atoms with van der Waals surface area (Å²) in [6.07, 6.45) is 1.53. The fourth-order valence-corrected chi connectivity index (χ4v) is 4.05. The molecule has 0 amide bonds. The fraction of sp³-hybridized carbons (Fsp3) is 0.120. The minimum atomic E-state index is -0.637. The SMILES string of the molecule is CCOc1cc(/C=C2\N=C(c3cccc(F)c3)OC2=O)cc(Cl)c1OCc1cccc(I)c1. The van der Waals surface area contributed by atoms with Gasteiger partial charge in [-0.1, -0.05) is 29.8 Å². The van der Waals surface area contributed by atoms with Crippen molar-refractivity contribution in [2.75, 3.05) is 6.61 Å². The lowest BCUT2D eigenvalue weighted by Crippen LogP contribution is -2.05. The molecule has 0 bridgehead atoms. The molecule has 0 atom stereocenters. The molecule has 0 aromatic heterocycles. The Labute approximate surface area is 209 Å². The molecule has 168 valence electrons. The van der Waals surface area contributed by atoms with Crippen LogP contribution in [0.5, 0.6) is 11.5 Å². The summed E-state index contributed by atoms with van der Waals surface area (Å²) in [4.78, 5) is 16.5. The van der Waals surface area contributed by atoms with Gasteiger partial charge in [-0.2, -0.15) is 0 Å². The van der Waals surface area contributed by atoms with E-state index in [0.29, 0.717) is 40.9 Å². The number of ether oxygens (including phenoxy) is 3. The number of carbonyl (C=O) groups is 1. The summed E-state index contributed by atoms with van der Waals surface area (Å²) in [6, 6.07) is 17.0. The van der Waals surface area contributed by atoms with Gasteiger partial charge in [-0.25, -0.2) is 14.2 Å². The summed E-state index contributed by atoms with van der Waals surface area (Å²) in [6.45, 7) is 2.58. The largest absolute Gasteiger partial charge is 0.490 e. The minimum absolute atomic E-state index is 0.0410. The van der Waals surface area contributed by atoms with Crippen LogP contribution in [-0.4, -0.2) is 18.5 Å². The molecule has 3 aromatic rings. The van der Waals surface area contributed by atoms with E-state index in [2.05, 4.69) is 27.6 Å². The molecule has 33 heavy (non-hydrogen) atoms. The van der Waals surface area contributed by atoms with Crippen LogP contribution in [0.4, 0.5) is 4.39 Å². The molecule has 0 N–H and O–H groups in total. The zero-order valence-corrected chi connectivity index (χ0v) is 20.4. The number of benzene rings is 3. The van der Waals surface area contributed by atoms with Gasteiger partial charge in [0.25, 0.3) is 0 Å². The smallest absolute Gasteiger partial charge is 0.363 e. The highest BCUT2D eigenvalue weighted by Crippen LogP contribution is 2.38. The molecular weight excluding hydrogens is 560 g/mol. The molecule has 0 saturated heterocycles. The molecule has 1 aliphatic heterocycles. The van der Waals surface area contributed by atoms with Gasteiger partial charge in [0.15, 0.2) is 17.2 Å². The molecule has 0 fully saturated rings. The predicted molar refractivity (Wildman–Crippen MR) is 133 cm³/mol. The molecule has 8 heteroatoms. The van der Waals surface area contributed by atoms with E-state index in [-0.39, 0.29) is 11.6 Å². The van der Waals surface area contributed by atoms with Crippen LogP contribution in [0.1, 0.15) is 23.6 Å². The van der Waals surface area contributed by atoms with E-state index in [9.17, 15) is 9.18 Å². The molecule has 4 rings (SSSR count). The highest BCUT2D eigenvalue weighted by atomic mass is 127. The number of rotatable bonds is 7. The second-order valence-electron chi connectivity index (χ2n) is 7.03. The van der Waals surface area contributed by atoms with Crippen molar-refractivity contribution >= 4 is 52.1 Å². The number of cyclic esters (lactones) is 1. The highest BCUT2D eigenvalue weighted by molar-refractivity contribution is 14.1. The number of esters is 1. The third-order valence-electron chi connectivity index (χ3n) is 4.60. The van der Waals surface area contributed by atoms with E-state index >= 15 is 0 Å². The Kier molecular flexibility index (Phi) is 7.29. The van der Waals surface area contributed by atoms with Gasteiger partial charge >= 0.3 is 5.97 Å². The van der Waals surface area contributed by atoms with Gasteiger partial charge in [0.05, 0.1) is 11.6 Å². The van der Waals surface area contributed by atoms with Crippen molar-refractivity contribution in [2.24, 2.45) is 4.99 Å². The maximum atomic E-state index is 13.5. The Morgan fingerprint density at radius 1 is 1.12 bits per heavy atom. The minimum Gasteiger partial charge on any atom is -0.490 e. The first kappa shape index (κ1) is 23.3. The summed E-state index contributed by atoms with van der Waals surface area (Å²) in [7, 11) is 0. The predicted octanol–water partition coefficient (Wildman–Crippen LogP) is 6.41. The van der Waals surface area contributed by atoms with Crippen molar-refractivity contribution in [1.82, 2.24) is 0 Å². The molecular formula is C25H18ClFINO4. The zero-order chi connectivity index (χ0) is 23.4. The van der Waals surface area contributed by atoms with E-state index in [0.717, 1.165) is 9.13 Å². The Hall–Kier alpha value is -2.91. The molecule has 1 heterocycles. The van der Waals surface area contributed by atoms with Crippen LogP contribution in [0.2, 0.25) is 5.02 Å². The van der Waals surface area contributed by atoms with Crippen LogP contribution < -0.4 is 9.47 Å². The van der Waals surface area contributed by atoms with Crippen LogP contribution in [0.25, 0.3) is 6.08 Å². The summed E-state index contributed by atoms with van der Waals surface area (Å²) >= 11 is 8.74. The molecule has 5 nitrogen and oxygen atoms in total. The van der Waals surface area contributed by atoms with E-state index in [1.54, 1.807) is 18.2 Å². The van der Waals surface area contributed by atoms with E-state index in [4.69, 9.17) is 25.8 Å². The molecule has 1 aliphatic rings. The lowest BCUT2D eigenvalue weighted by Gasteiger charge is -2.15. The Bertz CT molecular complexity index is 1280. The average molecular weight is 578 g/mol. The number of hydrogen-bond donors (Lipinski definition) is 0. The second-order valence-corrected chi connectivity index (χ2v) is 8.68. The van der Waals surface area contributed by atoms with Gasteiger partial charge in [0.1, 0.15) is 12.4 Å². The maximum absolute atomic E-state index is 13.5. The third-order valence-corrected chi connectivity index (χ3v) is 5.55. The maximum Gasteiger partial charge on any atom is 0.363 e. The number of nitrogens with zero attached hydrogens (tertiary/aromatic N) is 1. The Morgan fingerprint density at radius 2 is 1.94 bits per heavy atom. The van der Waals surface area contributed by atoms with Crippen LogP contribution >= 0.6 is 34.2 Å². The van der Waals surface area contributed by atoms with Crippen LogP contribution in [-0.2, 0) is 16.1 Å². The number of carbonyl (C=O) groups excluding carboxylic acids is 1. The van der Waals surface area contributed by atoms with Gasteiger partial charge in [-0.05, 0) is 89.2 Å². The van der Waals surface area contributed by atoms with Crippen molar-refractivity contribution in [3.05, 3.63) is 97.5 Å². The summed E-state index contributed by atoms with van der Waals surface area (Å²) in [5.74, 6) is -0.181. The standard InChI is InChI=1S/C25H18ClFINO4/c1-2-31-22-12-16(10-20(26)23(22)32-14-15-5-3-8-19(28)9-15)11-21-25(30)33-24(29-21)17-6-4-7-18(27)13-17/h3-13H,2,14H2,1H3/b21-11-. The van der Waals surface area contributed by atoms with Crippen LogP contribution in [0, 0.1) is 9.39 Å². The van der Waals surface area contributed by atoms with Crippen LogP contribution in [0.15, 0.2) is 71.4 Å². The van der Waals surface area contributed by atoms with Crippen LogP contribution in [0.3, 0.4) is 0 Å². The number of hydrogen-bond acceptors (Lipinski definition) is 5. The van der Waals surface area contributed by atoms with Crippen molar-refractivity contribution in [3.63, 3.8) is 0 Å². The van der Waals surface area contributed by atoms with Gasteiger partial charge < -0.3 is 14.2 Å². The van der Waals surface area contributed by atoms with Gasteiger partial charge in [-0.15, -0.1) is 0 Å². The van der Waals surface area contributed by atoms with Crippen molar-refractivity contribution in [1.29, 1.82) is 0 Å². The van der Waals surface area contributed by atoms with E-state index in [1.165, 1.54) is 24.3 Å². The quantitative estimate of drug-likeness (QED) is 0.185. The lowest BCUT2D eigenvalue weighted by molar-refractivity contribution is -0.129. The normalized spacial score (nSPS) is 14.2. The van der Waals surface area contributed by atoms with Gasteiger partial charge in [0, 0.05) is 9.13 Å². The monoisotopic (exact) mass is 577 g/mol. The van der Waals surface area contributed by atoms with Crippen molar-refractivity contribution < 1.29 is 23.4 Å². The lowest BCUT2D eigenvalue weighted by atomic mass is 10.1. The van der Waals surface area contributed by atoms with Crippen molar-refractivity contribution in [3.8, 4) is 11.5 Å². The number of aliphatic imine (C=N–C) groups is 1. The zero-order valence-electron chi connectivity index (χ0n) is 17.5. The first-order valence-electron chi connectivity index (χ1n) is 10.0. The summed E-state index contributed by atoms with van der Waals surface area (Å²) < 4.78 is 31.5. The molecule has 0 saturated carbocycles. The molecule has 3 aromatic carbocycles. The second kappa shape index (κ2) is 10.4. The topological polar surface area (TPSA) is 57.1 Å². The third kappa shape index (κ3) is 5.72. The molecule has 0 unspecified atom stereocenters. The van der Waals surface area contributed by atoms with Gasteiger partial charge in [0.2, 0.25) is 5.90 Å². The molecule has 0 aliphatic carbocycles. The first-order valence-corrected chi connectivity index (χ1v) is 11.5. The highest BCUT2D eigenvalue weighted by Gasteiger charge is 2.25. The Morgan fingerprint density at radius 3 is 2.70 bits per heavy atom. The van der Waals surface area contributed by atoms with Crippen molar-refractivity contribution in [2.45, 2.75) is 13.5 Å². The summed E-state index contributed by atoms with van der Waals surface area (Å²) in [5.41, 5.74) is 2.03. The Balaban J connectivity index is 1.61. The number of halogens is 3. The van der Waals surface area contributed by atoms with Gasteiger partial charge in [-0.3, -0.25) is 0 Å². The average Bonchev–Trinajstić information content (AvgIpc) is 3.14.